The van der Waals surface area contributed by atoms with E-state index in [0.717, 1.165) is 6.54 Å². The highest BCUT2D eigenvalue weighted by Gasteiger charge is 2.22. The molecule has 18 heavy (non-hydrogen) atoms. The van der Waals surface area contributed by atoms with Gasteiger partial charge in [-0.3, -0.25) is 4.79 Å². The highest BCUT2D eigenvalue weighted by molar-refractivity contribution is 5.97. The van der Waals surface area contributed by atoms with E-state index in [1.165, 1.54) is 0 Å². The summed E-state index contributed by atoms with van der Waals surface area (Å²) in [5.41, 5.74) is 0.666. The van der Waals surface area contributed by atoms with Crippen LogP contribution in [-0.4, -0.2) is 43.1 Å². The molecule has 0 atom stereocenters. The third-order valence-electron chi connectivity index (χ3n) is 2.96. The standard InChI is InChI=1S/C14H20N2O2/c1-11(2)15-7-8-16-9-10-18-13-6-4-3-5-12(13)14(16)17/h3-6,11,15H,7-10H2,1-2H3. The Labute approximate surface area is 108 Å². The number of hydrogen-bond acceptors (Lipinski definition) is 3. The van der Waals surface area contributed by atoms with E-state index in [4.69, 9.17) is 4.74 Å². The largest absolute Gasteiger partial charge is 0.491 e. The van der Waals surface area contributed by atoms with Crippen LogP contribution in [0, 0.1) is 0 Å². The van der Waals surface area contributed by atoms with Gasteiger partial charge in [-0.05, 0) is 12.1 Å². The number of nitrogens with one attached hydrogen (secondary N) is 1. The van der Waals surface area contributed by atoms with Crippen LogP contribution < -0.4 is 10.1 Å². The maximum Gasteiger partial charge on any atom is 0.257 e. The second-order valence-corrected chi connectivity index (χ2v) is 4.75. The molecule has 0 spiro atoms. The van der Waals surface area contributed by atoms with Crippen LogP contribution in [0.4, 0.5) is 0 Å². The van der Waals surface area contributed by atoms with Crippen molar-refractivity contribution in [3.05, 3.63) is 29.8 Å². The minimum Gasteiger partial charge on any atom is -0.491 e. The van der Waals surface area contributed by atoms with Crippen molar-refractivity contribution in [2.75, 3.05) is 26.2 Å². The van der Waals surface area contributed by atoms with E-state index < -0.39 is 0 Å². The number of carbonyl (C=O) groups excluding carboxylic acids is 1. The molecule has 2 rings (SSSR count). The molecule has 0 aliphatic carbocycles. The predicted octanol–water partition coefficient (Wildman–Crippen LogP) is 1.52. The fraction of sp³-hybridized carbons (Fsp3) is 0.500. The Hall–Kier alpha value is -1.55. The Morgan fingerprint density at radius 2 is 2.17 bits per heavy atom. The van der Waals surface area contributed by atoms with E-state index in [0.29, 0.717) is 37.1 Å². The van der Waals surface area contributed by atoms with E-state index in [-0.39, 0.29) is 5.91 Å². The summed E-state index contributed by atoms with van der Waals surface area (Å²) < 4.78 is 5.59. The molecule has 1 aliphatic rings. The van der Waals surface area contributed by atoms with Crippen molar-refractivity contribution in [2.24, 2.45) is 0 Å². The molecule has 0 saturated carbocycles. The minimum atomic E-state index is 0.0636. The van der Waals surface area contributed by atoms with Crippen LogP contribution in [0.1, 0.15) is 24.2 Å². The van der Waals surface area contributed by atoms with Crippen LogP contribution in [0.2, 0.25) is 0 Å². The van der Waals surface area contributed by atoms with Gasteiger partial charge in [0.1, 0.15) is 12.4 Å². The zero-order chi connectivity index (χ0) is 13.0. The average molecular weight is 248 g/mol. The van der Waals surface area contributed by atoms with Gasteiger partial charge in [-0.25, -0.2) is 0 Å². The Balaban J connectivity index is 2.03. The van der Waals surface area contributed by atoms with E-state index in [9.17, 15) is 4.79 Å². The van der Waals surface area contributed by atoms with Crippen LogP contribution in [0.15, 0.2) is 24.3 Å². The van der Waals surface area contributed by atoms with E-state index in [1.54, 1.807) is 0 Å². The molecule has 1 aliphatic heterocycles. The van der Waals surface area contributed by atoms with Crippen LogP contribution in [-0.2, 0) is 0 Å². The van der Waals surface area contributed by atoms with Gasteiger partial charge in [0.25, 0.3) is 5.91 Å². The fourth-order valence-electron chi connectivity index (χ4n) is 2.01. The summed E-state index contributed by atoms with van der Waals surface area (Å²) in [5, 5.41) is 3.32. The molecule has 4 heteroatoms. The molecule has 0 aromatic heterocycles. The Bertz CT molecular complexity index is 418. The van der Waals surface area contributed by atoms with Crippen LogP contribution >= 0.6 is 0 Å². The lowest BCUT2D eigenvalue weighted by Gasteiger charge is -2.20. The first-order chi connectivity index (χ1) is 8.68. The van der Waals surface area contributed by atoms with E-state index >= 15 is 0 Å². The zero-order valence-corrected chi connectivity index (χ0v) is 11.0. The molecular weight excluding hydrogens is 228 g/mol. The maximum absolute atomic E-state index is 12.3. The molecule has 1 aromatic carbocycles. The van der Waals surface area contributed by atoms with Crippen molar-refractivity contribution >= 4 is 5.91 Å². The summed E-state index contributed by atoms with van der Waals surface area (Å²) in [6.45, 7) is 6.93. The number of fused-ring (bicyclic) bond motifs is 1. The molecule has 1 amide bonds. The third-order valence-corrected chi connectivity index (χ3v) is 2.96. The highest BCUT2D eigenvalue weighted by Crippen LogP contribution is 2.22. The van der Waals surface area contributed by atoms with Crippen molar-refractivity contribution in [3.8, 4) is 5.75 Å². The van der Waals surface area contributed by atoms with Gasteiger partial charge in [0.2, 0.25) is 0 Å². The SMILES string of the molecule is CC(C)NCCN1CCOc2ccccc2C1=O. The van der Waals surface area contributed by atoms with Crippen molar-refractivity contribution in [3.63, 3.8) is 0 Å². The lowest BCUT2D eigenvalue weighted by molar-refractivity contribution is 0.0756. The number of nitrogens with zero attached hydrogens (tertiary/aromatic N) is 1. The average Bonchev–Trinajstić information content (AvgIpc) is 2.50. The second kappa shape index (κ2) is 5.87. The normalized spacial score (nSPS) is 15.3. The molecule has 98 valence electrons. The Morgan fingerprint density at radius 1 is 1.39 bits per heavy atom. The minimum absolute atomic E-state index is 0.0636. The van der Waals surface area contributed by atoms with E-state index in [2.05, 4.69) is 19.2 Å². The van der Waals surface area contributed by atoms with Gasteiger partial charge in [0.15, 0.2) is 0 Å². The molecule has 0 fully saturated rings. The maximum atomic E-state index is 12.3. The van der Waals surface area contributed by atoms with Gasteiger partial charge < -0.3 is 15.0 Å². The van der Waals surface area contributed by atoms with Crippen LogP contribution in [0.25, 0.3) is 0 Å². The van der Waals surface area contributed by atoms with Crippen molar-refractivity contribution < 1.29 is 9.53 Å². The molecule has 4 nitrogen and oxygen atoms in total. The number of ether oxygens (including phenoxy) is 1. The third kappa shape index (κ3) is 3.01. The smallest absolute Gasteiger partial charge is 0.257 e. The summed E-state index contributed by atoms with van der Waals surface area (Å²) in [6.07, 6.45) is 0. The van der Waals surface area contributed by atoms with Crippen molar-refractivity contribution in [2.45, 2.75) is 19.9 Å². The van der Waals surface area contributed by atoms with Gasteiger partial charge in [-0.15, -0.1) is 0 Å². The molecule has 0 saturated heterocycles. The highest BCUT2D eigenvalue weighted by atomic mass is 16.5. The molecule has 1 N–H and O–H groups in total. The monoisotopic (exact) mass is 248 g/mol. The number of rotatable bonds is 4. The number of amides is 1. The van der Waals surface area contributed by atoms with Gasteiger partial charge in [-0.1, -0.05) is 26.0 Å². The quantitative estimate of drug-likeness (QED) is 0.878. The van der Waals surface area contributed by atoms with Crippen molar-refractivity contribution in [1.29, 1.82) is 0 Å². The fourth-order valence-corrected chi connectivity index (χ4v) is 2.01. The molecule has 0 bridgehead atoms. The van der Waals surface area contributed by atoms with Crippen LogP contribution in [0.3, 0.4) is 0 Å². The first-order valence-electron chi connectivity index (χ1n) is 6.43. The molecular formula is C14H20N2O2. The van der Waals surface area contributed by atoms with Gasteiger partial charge >= 0.3 is 0 Å². The first kappa shape index (κ1) is 12.9. The van der Waals surface area contributed by atoms with Crippen LogP contribution in [0.5, 0.6) is 5.75 Å². The zero-order valence-electron chi connectivity index (χ0n) is 11.0. The lowest BCUT2D eigenvalue weighted by Crippen LogP contribution is -2.39. The Morgan fingerprint density at radius 3 is 2.94 bits per heavy atom. The summed E-state index contributed by atoms with van der Waals surface area (Å²) in [5.74, 6) is 0.760. The van der Waals surface area contributed by atoms with Gasteiger partial charge in [-0.2, -0.15) is 0 Å². The van der Waals surface area contributed by atoms with Gasteiger partial charge in [0.05, 0.1) is 12.1 Å². The number of hydrogen-bond donors (Lipinski definition) is 1. The predicted molar refractivity (Wildman–Crippen MR) is 71.0 cm³/mol. The second-order valence-electron chi connectivity index (χ2n) is 4.75. The number of para-hydroxylation sites is 1. The topological polar surface area (TPSA) is 41.6 Å². The molecule has 1 aromatic rings. The van der Waals surface area contributed by atoms with Crippen molar-refractivity contribution in [1.82, 2.24) is 10.2 Å². The first-order valence-corrected chi connectivity index (χ1v) is 6.43. The lowest BCUT2D eigenvalue weighted by atomic mass is 10.2. The van der Waals surface area contributed by atoms with E-state index in [1.807, 2.05) is 29.2 Å². The number of carbonyl (C=O) groups is 1. The number of benzene rings is 1. The Kier molecular flexibility index (Phi) is 4.20. The molecule has 0 radical (unpaired) electrons. The summed E-state index contributed by atoms with van der Waals surface area (Å²) in [4.78, 5) is 14.2. The summed E-state index contributed by atoms with van der Waals surface area (Å²) in [6, 6.07) is 7.88. The molecule has 0 unspecified atom stereocenters. The molecule has 1 heterocycles. The summed E-state index contributed by atoms with van der Waals surface area (Å²) >= 11 is 0. The van der Waals surface area contributed by atoms with Gasteiger partial charge in [0, 0.05) is 19.1 Å². The summed E-state index contributed by atoms with van der Waals surface area (Å²) in [7, 11) is 0.